The lowest BCUT2D eigenvalue weighted by Gasteiger charge is -2.09. The Balaban J connectivity index is 1.77. The summed E-state index contributed by atoms with van der Waals surface area (Å²) in [7, 11) is 0. The third kappa shape index (κ3) is 3.68. The molecule has 1 amide bonds. The molecule has 2 aromatic heterocycles. The summed E-state index contributed by atoms with van der Waals surface area (Å²) in [5, 5.41) is 2.47. The van der Waals surface area contributed by atoms with Crippen LogP contribution in [-0.2, 0) is 11.2 Å². The van der Waals surface area contributed by atoms with Crippen LogP contribution in [0.4, 0.5) is 14.5 Å². The number of aromatic nitrogens is 2. The van der Waals surface area contributed by atoms with Gasteiger partial charge in [-0.05, 0) is 61.7 Å². The van der Waals surface area contributed by atoms with Gasteiger partial charge in [0.2, 0.25) is 5.91 Å². The molecule has 2 aromatic carbocycles. The fourth-order valence-corrected chi connectivity index (χ4v) is 3.48. The molecule has 0 atom stereocenters. The molecule has 0 spiro atoms. The molecule has 0 radical (unpaired) electrons. The van der Waals surface area contributed by atoms with Crippen LogP contribution >= 0.6 is 0 Å². The highest BCUT2D eigenvalue weighted by molar-refractivity contribution is 5.93. The molecule has 2 heterocycles. The number of carbonyl (C=O) groups excluding carboxylic acids is 1. The van der Waals surface area contributed by atoms with Crippen molar-refractivity contribution in [3.63, 3.8) is 0 Å². The first-order chi connectivity index (χ1) is 14.3. The third-order valence-electron chi connectivity index (χ3n) is 5.25. The van der Waals surface area contributed by atoms with Crippen molar-refractivity contribution in [2.24, 2.45) is 0 Å². The van der Waals surface area contributed by atoms with Gasteiger partial charge in [-0.3, -0.25) is 4.79 Å². The number of rotatable bonds is 4. The normalized spacial score (nSPS) is 11.1. The number of hydrogen-bond donors (Lipinski definition) is 1. The van der Waals surface area contributed by atoms with Gasteiger partial charge in [0.05, 0.1) is 23.5 Å². The lowest BCUT2D eigenvalue weighted by Crippen LogP contribution is -2.17. The molecular formula is C24H21F2N3O. The van der Waals surface area contributed by atoms with Gasteiger partial charge in [-0.2, -0.15) is 0 Å². The van der Waals surface area contributed by atoms with Crippen LogP contribution in [-0.4, -0.2) is 15.3 Å². The number of fused-ring (bicyclic) bond motifs is 1. The summed E-state index contributed by atoms with van der Waals surface area (Å²) in [5.41, 5.74) is 6.13. The van der Waals surface area contributed by atoms with Crippen molar-refractivity contribution >= 4 is 17.2 Å². The van der Waals surface area contributed by atoms with Crippen molar-refractivity contribution in [3.05, 3.63) is 88.7 Å². The SMILES string of the molecule is Cc1ccc(-c2nc3c(C)cccn3c2CC(=O)Nc2cc(F)ccc2F)cc1C. The van der Waals surface area contributed by atoms with Crippen LogP contribution in [0.1, 0.15) is 22.4 Å². The molecule has 4 aromatic rings. The Kier molecular flexibility index (Phi) is 5.08. The maximum absolute atomic E-state index is 13.9. The van der Waals surface area contributed by atoms with E-state index >= 15 is 0 Å². The monoisotopic (exact) mass is 405 g/mol. The minimum Gasteiger partial charge on any atom is -0.323 e. The fraction of sp³-hybridized carbons (Fsp3) is 0.167. The second kappa shape index (κ2) is 7.71. The van der Waals surface area contributed by atoms with Gasteiger partial charge in [-0.25, -0.2) is 13.8 Å². The summed E-state index contributed by atoms with van der Waals surface area (Å²) in [6, 6.07) is 12.9. The van der Waals surface area contributed by atoms with Gasteiger partial charge < -0.3 is 9.72 Å². The molecule has 152 valence electrons. The van der Waals surface area contributed by atoms with Crippen molar-refractivity contribution < 1.29 is 13.6 Å². The summed E-state index contributed by atoms with van der Waals surface area (Å²) in [4.78, 5) is 17.5. The molecule has 30 heavy (non-hydrogen) atoms. The van der Waals surface area contributed by atoms with Crippen molar-refractivity contribution in [2.45, 2.75) is 27.2 Å². The highest BCUT2D eigenvalue weighted by Gasteiger charge is 2.19. The van der Waals surface area contributed by atoms with Crippen LogP contribution in [0.25, 0.3) is 16.9 Å². The average molecular weight is 405 g/mol. The average Bonchev–Trinajstić information content (AvgIpc) is 3.07. The van der Waals surface area contributed by atoms with Crippen molar-refractivity contribution in [2.75, 3.05) is 5.32 Å². The molecular weight excluding hydrogens is 384 g/mol. The van der Waals surface area contributed by atoms with E-state index in [-0.39, 0.29) is 12.1 Å². The largest absolute Gasteiger partial charge is 0.323 e. The fourth-order valence-electron chi connectivity index (χ4n) is 3.48. The quantitative estimate of drug-likeness (QED) is 0.495. The molecule has 4 rings (SSSR count). The smallest absolute Gasteiger partial charge is 0.230 e. The molecule has 0 aliphatic rings. The molecule has 0 bridgehead atoms. The standard InChI is InChI=1S/C24H21F2N3O/c1-14-6-7-17(11-16(14)3)23-21(29-10-4-5-15(2)24(29)28-23)13-22(30)27-20-12-18(25)8-9-19(20)26/h4-12H,13H2,1-3H3,(H,27,30). The number of anilines is 1. The summed E-state index contributed by atoms with van der Waals surface area (Å²) in [5.74, 6) is -1.76. The summed E-state index contributed by atoms with van der Waals surface area (Å²) in [6.45, 7) is 6.02. The van der Waals surface area contributed by atoms with Gasteiger partial charge in [-0.15, -0.1) is 0 Å². The molecule has 6 heteroatoms. The van der Waals surface area contributed by atoms with Gasteiger partial charge >= 0.3 is 0 Å². The summed E-state index contributed by atoms with van der Waals surface area (Å²) >= 11 is 0. The van der Waals surface area contributed by atoms with Gasteiger partial charge in [0.15, 0.2) is 0 Å². The van der Waals surface area contributed by atoms with Crippen molar-refractivity contribution in [1.29, 1.82) is 0 Å². The topological polar surface area (TPSA) is 46.4 Å². The Hall–Kier alpha value is -3.54. The number of imidazole rings is 1. The molecule has 4 nitrogen and oxygen atoms in total. The van der Waals surface area contributed by atoms with Crippen LogP contribution < -0.4 is 5.32 Å². The first-order valence-corrected chi connectivity index (χ1v) is 9.62. The number of carbonyl (C=O) groups is 1. The first kappa shape index (κ1) is 19.8. The van der Waals surface area contributed by atoms with Crippen LogP contribution in [0.15, 0.2) is 54.7 Å². The van der Waals surface area contributed by atoms with E-state index in [0.29, 0.717) is 11.4 Å². The van der Waals surface area contributed by atoms with Gasteiger partial charge in [0, 0.05) is 17.8 Å². The van der Waals surface area contributed by atoms with E-state index in [4.69, 9.17) is 4.98 Å². The van der Waals surface area contributed by atoms with E-state index in [9.17, 15) is 13.6 Å². The van der Waals surface area contributed by atoms with E-state index in [1.807, 2.05) is 61.7 Å². The van der Waals surface area contributed by atoms with E-state index in [1.165, 1.54) is 5.56 Å². The number of nitrogens with zero attached hydrogens (tertiary/aromatic N) is 2. The van der Waals surface area contributed by atoms with Gasteiger partial charge in [-0.1, -0.05) is 18.2 Å². The van der Waals surface area contributed by atoms with E-state index in [1.54, 1.807) is 0 Å². The highest BCUT2D eigenvalue weighted by atomic mass is 19.1. The van der Waals surface area contributed by atoms with Crippen LogP contribution in [0.2, 0.25) is 0 Å². The van der Waals surface area contributed by atoms with E-state index < -0.39 is 17.5 Å². The number of benzene rings is 2. The highest BCUT2D eigenvalue weighted by Crippen LogP contribution is 2.28. The van der Waals surface area contributed by atoms with Gasteiger partial charge in [0.1, 0.15) is 17.3 Å². The van der Waals surface area contributed by atoms with Crippen LogP contribution in [0, 0.1) is 32.4 Å². The minimum atomic E-state index is -0.687. The van der Waals surface area contributed by atoms with Crippen molar-refractivity contribution in [1.82, 2.24) is 9.38 Å². The second-order valence-corrected chi connectivity index (χ2v) is 7.44. The summed E-state index contributed by atoms with van der Waals surface area (Å²) < 4.78 is 29.3. The zero-order chi connectivity index (χ0) is 21.4. The Morgan fingerprint density at radius 3 is 2.57 bits per heavy atom. The summed E-state index contributed by atoms with van der Waals surface area (Å²) in [6.07, 6.45) is 1.81. The zero-order valence-corrected chi connectivity index (χ0v) is 17.0. The Morgan fingerprint density at radius 1 is 1.00 bits per heavy atom. The Bertz CT molecular complexity index is 1280. The Labute approximate surface area is 173 Å². The molecule has 0 aliphatic heterocycles. The van der Waals surface area contributed by atoms with Gasteiger partial charge in [0.25, 0.3) is 0 Å². The maximum atomic E-state index is 13.9. The Morgan fingerprint density at radius 2 is 1.80 bits per heavy atom. The zero-order valence-electron chi connectivity index (χ0n) is 17.0. The predicted molar refractivity (Wildman–Crippen MR) is 114 cm³/mol. The number of pyridine rings is 1. The number of amides is 1. The number of halogens is 2. The molecule has 0 unspecified atom stereocenters. The van der Waals surface area contributed by atoms with E-state index in [0.717, 1.165) is 40.5 Å². The van der Waals surface area contributed by atoms with Crippen LogP contribution in [0.5, 0.6) is 0 Å². The third-order valence-corrected chi connectivity index (χ3v) is 5.25. The van der Waals surface area contributed by atoms with E-state index in [2.05, 4.69) is 5.32 Å². The molecule has 0 fully saturated rings. The molecule has 0 aliphatic carbocycles. The van der Waals surface area contributed by atoms with Crippen molar-refractivity contribution in [3.8, 4) is 11.3 Å². The minimum absolute atomic E-state index is 0.0389. The molecule has 0 saturated carbocycles. The predicted octanol–water partition coefficient (Wildman–Crippen LogP) is 5.39. The van der Waals surface area contributed by atoms with Crippen LogP contribution in [0.3, 0.4) is 0 Å². The second-order valence-electron chi connectivity index (χ2n) is 7.44. The lowest BCUT2D eigenvalue weighted by atomic mass is 10.0. The maximum Gasteiger partial charge on any atom is 0.230 e. The lowest BCUT2D eigenvalue weighted by molar-refractivity contribution is -0.115. The first-order valence-electron chi connectivity index (χ1n) is 9.62. The number of nitrogens with one attached hydrogen (secondary N) is 1. The molecule has 1 N–H and O–H groups in total. The molecule has 0 saturated heterocycles. The number of aryl methyl sites for hydroxylation is 3. The number of hydrogen-bond acceptors (Lipinski definition) is 2.